The van der Waals surface area contributed by atoms with Crippen LogP contribution in [0.4, 0.5) is 0 Å². The monoisotopic (exact) mass is 383 g/mol. The molecule has 1 unspecified atom stereocenters. The molecule has 0 saturated heterocycles. The lowest BCUT2D eigenvalue weighted by Crippen LogP contribution is -2.20. The Bertz CT molecular complexity index is 318. The fourth-order valence-corrected chi connectivity index (χ4v) is 3.71. The van der Waals surface area contributed by atoms with E-state index >= 15 is 0 Å². The van der Waals surface area contributed by atoms with Crippen molar-refractivity contribution in [3.63, 3.8) is 0 Å². The summed E-state index contributed by atoms with van der Waals surface area (Å²) < 4.78 is 0. The van der Waals surface area contributed by atoms with Gasteiger partial charge in [0, 0.05) is 0 Å². The molecule has 27 heavy (non-hydrogen) atoms. The topological polar surface area (TPSA) is 52.8 Å². The molecular weight excluding hydrogens is 334 g/mol. The minimum absolute atomic E-state index is 0.548. The molecule has 0 aliphatic heterocycles. The maximum Gasteiger partial charge on any atom is 0.0954 e. The van der Waals surface area contributed by atoms with E-state index in [-0.39, 0.29) is 0 Å². The third-order valence-electron chi connectivity index (χ3n) is 5.63. The molecular formula is C24H49NO2. The SMILES string of the molecule is CCCCCCCCCCCC(=NO)C(O)CCCCCCCCCCC. The number of oxime groups is 1. The quantitative estimate of drug-likeness (QED) is 0.0912. The fourth-order valence-electron chi connectivity index (χ4n) is 3.71. The number of hydrogen-bond acceptors (Lipinski definition) is 3. The van der Waals surface area contributed by atoms with Gasteiger partial charge in [-0.3, -0.25) is 0 Å². The Morgan fingerprint density at radius 2 is 0.963 bits per heavy atom. The number of unbranched alkanes of at least 4 members (excludes halogenated alkanes) is 16. The molecule has 0 radical (unpaired) electrons. The van der Waals surface area contributed by atoms with Gasteiger partial charge in [-0.05, 0) is 19.3 Å². The molecule has 0 bridgehead atoms. The normalized spacial score (nSPS) is 13.2. The lowest BCUT2D eigenvalue weighted by Gasteiger charge is -2.12. The van der Waals surface area contributed by atoms with Crippen LogP contribution >= 0.6 is 0 Å². The highest BCUT2D eigenvalue weighted by atomic mass is 16.4. The van der Waals surface area contributed by atoms with E-state index in [4.69, 9.17) is 0 Å². The van der Waals surface area contributed by atoms with E-state index in [9.17, 15) is 10.3 Å². The largest absolute Gasteiger partial charge is 0.411 e. The van der Waals surface area contributed by atoms with Gasteiger partial charge < -0.3 is 10.3 Å². The van der Waals surface area contributed by atoms with E-state index in [0.717, 1.165) is 25.7 Å². The van der Waals surface area contributed by atoms with E-state index in [1.807, 2.05) is 0 Å². The van der Waals surface area contributed by atoms with Gasteiger partial charge in [-0.15, -0.1) is 0 Å². The minimum Gasteiger partial charge on any atom is -0.411 e. The third-order valence-corrected chi connectivity index (χ3v) is 5.63. The van der Waals surface area contributed by atoms with E-state index in [1.165, 1.54) is 103 Å². The second kappa shape index (κ2) is 21.7. The van der Waals surface area contributed by atoms with Crippen molar-refractivity contribution in [2.24, 2.45) is 5.16 Å². The summed E-state index contributed by atoms with van der Waals surface area (Å²) in [7, 11) is 0. The molecule has 1 atom stereocenters. The molecule has 0 amide bonds. The van der Waals surface area contributed by atoms with Gasteiger partial charge in [-0.2, -0.15) is 0 Å². The summed E-state index contributed by atoms with van der Waals surface area (Å²) in [6, 6.07) is 0. The first-order valence-electron chi connectivity index (χ1n) is 12.1. The number of rotatable bonds is 21. The van der Waals surface area contributed by atoms with Crippen LogP contribution in [0.15, 0.2) is 5.16 Å². The smallest absolute Gasteiger partial charge is 0.0954 e. The summed E-state index contributed by atoms with van der Waals surface area (Å²) in [6.07, 6.45) is 24.1. The van der Waals surface area contributed by atoms with Gasteiger partial charge in [0.1, 0.15) is 0 Å². The minimum atomic E-state index is -0.548. The summed E-state index contributed by atoms with van der Waals surface area (Å²) in [6.45, 7) is 4.51. The van der Waals surface area contributed by atoms with Crippen LogP contribution in [0.2, 0.25) is 0 Å². The van der Waals surface area contributed by atoms with Crippen molar-refractivity contribution in [2.45, 2.75) is 148 Å². The van der Waals surface area contributed by atoms with Crippen molar-refractivity contribution < 1.29 is 10.3 Å². The van der Waals surface area contributed by atoms with E-state index in [2.05, 4.69) is 19.0 Å². The van der Waals surface area contributed by atoms with E-state index in [0.29, 0.717) is 5.71 Å². The van der Waals surface area contributed by atoms with Gasteiger partial charge in [0.05, 0.1) is 11.8 Å². The van der Waals surface area contributed by atoms with Crippen LogP contribution in [0, 0.1) is 0 Å². The second-order valence-corrected chi connectivity index (χ2v) is 8.30. The Balaban J connectivity index is 3.51. The van der Waals surface area contributed by atoms with Crippen LogP contribution in [0.25, 0.3) is 0 Å². The molecule has 0 saturated carbocycles. The molecule has 0 aromatic heterocycles. The van der Waals surface area contributed by atoms with Gasteiger partial charge in [0.25, 0.3) is 0 Å². The highest BCUT2D eigenvalue weighted by Crippen LogP contribution is 2.15. The molecule has 0 fully saturated rings. The summed E-state index contributed by atoms with van der Waals surface area (Å²) >= 11 is 0. The Labute approximate surface area is 170 Å². The third kappa shape index (κ3) is 18.6. The molecule has 0 heterocycles. The first-order valence-corrected chi connectivity index (χ1v) is 12.1. The fraction of sp³-hybridized carbons (Fsp3) is 0.958. The van der Waals surface area contributed by atoms with Crippen molar-refractivity contribution in [1.82, 2.24) is 0 Å². The summed E-state index contributed by atoms with van der Waals surface area (Å²) in [5.74, 6) is 0. The van der Waals surface area contributed by atoms with Crippen molar-refractivity contribution in [3.05, 3.63) is 0 Å². The molecule has 0 aromatic rings. The molecule has 2 N–H and O–H groups in total. The molecule has 0 aliphatic carbocycles. The summed E-state index contributed by atoms with van der Waals surface area (Å²) in [5.41, 5.74) is 0.595. The lowest BCUT2D eigenvalue weighted by molar-refractivity contribution is 0.213. The molecule has 0 aromatic carbocycles. The van der Waals surface area contributed by atoms with Crippen molar-refractivity contribution in [3.8, 4) is 0 Å². The Morgan fingerprint density at radius 1 is 0.593 bits per heavy atom. The highest BCUT2D eigenvalue weighted by molar-refractivity contribution is 5.87. The van der Waals surface area contributed by atoms with Gasteiger partial charge in [0.2, 0.25) is 0 Å². The maximum absolute atomic E-state index is 10.2. The predicted molar refractivity (Wildman–Crippen MR) is 119 cm³/mol. The number of nitrogens with zero attached hydrogens (tertiary/aromatic N) is 1. The number of aliphatic hydroxyl groups excluding tert-OH is 1. The average Bonchev–Trinajstić information content (AvgIpc) is 2.68. The van der Waals surface area contributed by atoms with E-state index in [1.54, 1.807) is 0 Å². The Morgan fingerprint density at radius 3 is 1.37 bits per heavy atom. The summed E-state index contributed by atoms with van der Waals surface area (Å²) in [4.78, 5) is 0. The average molecular weight is 384 g/mol. The summed E-state index contributed by atoms with van der Waals surface area (Å²) in [5, 5.41) is 22.8. The maximum atomic E-state index is 10.2. The molecule has 0 aliphatic rings. The van der Waals surface area contributed by atoms with Crippen LogP contribution in [0.3, 0.4) is 0 Å². The van der Waals surface area contributed by atoms with Crippen LogP contribution in [-0.4, -0.2) is 22.1 Å². The van der Waals surface area contributed by atoms with Crippen molar-refractivity contribution in [2.75, 3.05) is 0 Å². The van der Waals surface area contributed by atoms with E-state index < -0.39 is 6.10 Å². The van der Waals surface area contributed by atoms with Gasteiger partial charge in [-0.25, -0.2) is 0 Å². The zero-order valence-corrected chi connectivity index (χ0v) is 18.6. The van der Waals surface area contributed by atoms with Gasteiger partial charge in [-0.1, -0.05) is 128 Å². The van der Waals surface area contributed by atoms with Crippen LogP contribution in [0.1, 0.15) is 142 Å². The lowest BCUT2D eigenvalue weighted by atomic mass is 10.00. The van der Waals surface area contributed by atoms with Gasteiger partial charge in [0.15, 0.2) is 0 Å². The predicted octanol–water partition coefficient (Wildman–Crippen LogP) is 8.02. The Hall–Kier alpha value is -0.570. The second-order valence-electron chi connectivity index (χ2n) is 8.30. The zero-order chi connectivity index (χ0) is 20.0. The Kier molecular flexibility index (Phi) is 21.3. The molecule has 0 spiro atoms. The molecule has 3 nitrogen and oxygen atoms in total. The van der Waals surface area contributed by atoms with Crippen molar-refractivity contribution in [1.29, 1.82) is 0 Å². The molecule has 3 heteroatoms. The van der Waals surface area contributed by atoms with Crippen LogP contribution < -0.4 is 0 Å². The zero-order valence-electron chi connectivity index (χ0n) is 18.6. The van der Waals surface area contributed by atoms with Crippen molar-refractivity contribution >= 4 is 5.71 Å². The number of hydrogen-bond donors (Lipinski definition) is 2. The molecule has 162 valence electrons. The highest BCUT2D eigenvalue weighted by Gasteiger charge is 2.12. The number of aliphatic hydroxyl groups is 1. The van der Waals surface area contributed by atoms with Crippen LogP contribution in [0.5, 0.6) is 0 Å². The first kappa shape index (κ1) is 26.4. The van der Waals surface area contributed by atoms with Crippen LogP contribution in [-0.2, 0) is 0 Å². The standard InChI is InChI=1S/C24H49NO2/c1-3-5-7-9-11-13-15-17-19-21-23(25-27)24(26)22-20-18-16-14-12-10-8-6-4-2/h24,26-27H,3-22H2,1-2H3. The first-order chi connectivity index (χ1) is 13.3. The molecule has 0 rings (SSSR count). The van der Waals surface area contributed by atoms with Gasteiger partial charge >= 0.3 is 0 Å².